The minimum absolute atomic E-state index is 0.187. The number of hydrogen-bond donors (Lipinski definition) is 0. The minimum atomic E-state index is -0.234. The van der Waals surface area contributed by atoms with E-state index in [0.717, 1.165) is 11.4 Å². The summed E-state index contributed by atoms with van der Waals surface area (Å²) in [5.74, 6) is 0.758. The zero-order chi connectivity index (χ0) is 16.8. The Bertz CT molecular complexity index is 740. The van der Waals surface area contributed by atoms with E-state index in [2.05, 4.69) is 17.3 Å². The van der Waals surface area contributed by atoms with Gasteiger partial charge >= 0.3 is 0 Å². The molecule has 0 N–H and O–H groups in total. The fourth-order valence-electron chi connectivity index (χ4n) is 4.05. The Morgan fingerprint density at radius 1 is 1.08 bits per heavy atom. The molecular weight excluding hydrogens is 308 g/mol. The van der Waals surface area contributed by atoms with Crippen LogP contribution in [-0.2, 0) is 9.59 Å². The van der Waals surface area contributed by atoms with Crippen molar-refractivity contribution >= 4 is 18.0 Å². The van der Waals surface area contributed by atoms with Crippen LogP contribution in [0.1, 0.15) is 12.0 Å². The SMILES string of the molecule is COc1ccc(/C=N\N2C(=O)[C@@H]3[C@@H](C2=O)[C@H]2C=C[C@H]3C2)c(OC)c1. The summed E-state index contributed by atoms with van der Waals surface area (Å²) < 4.78 is 10.5. The molecule has 1 aliphatic heterocycles. The van der Waals surface area contributed by atoms with Gasteiger partial charge in [-0.25, -0.2) is 0 Å². The Hall–Kier alpha value is -2.63. The second kappa shape index (κ2) is 5.47. The number of imide groups is 1. The maximum Gasteiger partial charge on any atom is 0.254 e. The third-order valence-corrected chi connectivity index (χ3v) is 5.20. The molecule has 1 heterocycles. The van der Waals surface area contributed by atoms with Gasteiger partial charge in [0.1, 0.15) is 11.5 Å². The normalized spacial score (nSPS) is 30.5. The number of carbonyl (C=O) groups excluding carboxylic acids is 2. The second-order valence-corrected chi connectivity index (χ2v) is 6.34. The summed E-state index contributed by atoms with van der Waals surface area (Å²) in [5.41, 5.74) is 0.678. The van der Waals surface area contributed by atoms with E-state index >= 15 is 0 Å². The van der Waals surface area contributed by atoms with Gasteiger partial charge < -0.3 is 9.47 Å². The van der Waals surface area contributed by atoms with Gasteiger partial charge in [-0.15, -0.1) is 0 Å². The lowest BCUT2D eigenvalue weighted by Crippen LogP contribution is -2.28. The van der Waals surface area contributed by atoms with Crippen molar-refractivity contribution in [3.8, 4) is 11.5 Å². The Labute approximate surface area is 139 Å². The highest BCUT2D eigenvalue weighted by molar-refractivity contribution is 6.06. The Morgan fingerprint density at radius 3 is 2.33 bits per heavy atom. The number of allylic oxidation sites excluding steroid dienone is 2. The van der Waals surface area contributed by atoms with Crippen LogP contribution in [-0.4, -0.2) is 37.3 Å². The smallest absolute Gasteiger partial charge is 0.254 e. The monoisotopic (exact) mass is 326 g/mol. The summed E-state index contributed by atoms with van der Waals surface area (Å²) >= 11 is 0. The molecule has 2 amide bonds. The lowest BCUT2D eigenvalue weighted by Gasteiger charge is -2.13. The number of hydrogen-bond acceptors (Lipinski definition) is 5. The third-order valence-electron chi connectivity index (χ3n) is 5.20. The summed E-state index contributed by atoms with van der Waals surface area (Å²) in [4.78, 5) is 25.1. The molecule has 1 aromatic rings. The number of hydrazone groups is 1. The topological polar surface area (TPSA) is 68.2 Å². The molecule has 0 unspecified atom stereocenters. The van der Waals surface area contributed by atoms with E-state index in [-0.39, 0.29) is 35.5 Å². The van der Waals surface area contributed by atoms with Crippen LogP contribution in [0.4, 0.5) is 0 Å². The molecule has 0 spiro atoms. The molecule has 6 nitrogen and oxygen atoms in total. The minimum Gasteiger partial charge on any atom is -0.497 e. The number of fused-ring (bicyclic) bond motifs is 5. The summed E-state index contributed by atoms with van der Waals surface area (Å²) in [6, 6.07) is 5.28. The van der Waals surface area contributed by atoms with Crippen molar-refractivity contribution in [1.82, 2.24) is 5.01 Å². The van der Waals surface area contributed by atoms with Crippen LogP contribution in [0.2, 0.25) is 0 Å². The largest absolute Gasteiger partial charge is 0.497 e. The molecule has 1 saturated carbocycles. The van der Waals surface area contributed by atoms with Crippen molar-refractivity contribution in [2.45, 2.75) is 6.42 Å². The molecule has 24 heavy (non-hydrogen) atoms. The van der Waals surface area contributed by atoms with Gasteiger partial charge in [0, 0.05) is 11.6 Å². The molecule has 2 aliphatic carbocycles. The fourth-order valence-corrected chi connectivity index (χ4v) is 4.05. The molecule has 6 heteroatoms. The summed E-state index contributed by atoms with van der Waals surface area (Å²) in [6.45, 7) is 0. The van der Waals surface area contributed by atoms with Gasteiger partial charge in [-0.1, -0.05) is 12.2 Å². The molecule has 2 bridgehead atoms. The van der Waals surface area contributed by atoms with Gasteiger partial charge in [0.15, 0.2) is 0 Å². The predicted octanol–water partition coefficient (Wildman–Crippen LogP) is 1.84. The van der Waals surface area contributed by atoms with Crippen LogP contribution in [0.15, 0.2) is 35.5 Å². The van der Waals surface area contributed by atoms with Gasteiger partial charge in [0.25, 0.3) is 11.8 Å². The van der Waals surface area contributed by atoms with Crippen LogP contribution in [0.5, 0.6) is 11.5 Å². The average molecular weight is 326 g/mol. The highest BCUT2D eigenvalue weighted by Crippen LogP contribution is 2.52. The van der Waals surface area contributed by atoms with Crippen molar-refractivity contribution in [2.75, 3.05) is 14.2 Å². The number of rotatable bonds is 4. The van der Waals surface area contributed by atoms with Gasteiger partial charge in [-0.3, -0.25) is 9.59 Å². The number of benzene rings is 1. The number of ether oxygens (including phenoxy) is 2. The van der Waals surface area contributed by atoms with Gasteiger partial charge in [-0.2, -0.15) is 10.1 Å². The number of nitrogens with zero attached hydrogens (tertiary/aromatic N) is 2. The summed E-state index contributed by atoms with van der Waals surface area (Å²) in [5, 5.41) is 5.19. The highest BCUT2D eigenvalue weighted by atomic mass is 16.5. The van der Waals surface area contributed by atoms with Gasteiger partial charge in [0.05, 0.1) is 32.3 Å². The fraction of sp³-hybridized carbons (Fsp3) is 0.389. The second-order valence-electron chi connectivity index (χ2n) is 6.34. The quantitative estimate of drug-likeness (QED) is 0.481. The molecule has 1 saturated heterocycles. The van der Waals surface area contributed by atoms with E-state index in [1.54, 1.807) is 32.4 Å². The molecule has 3 aliphatic rings. The van der Waals surface area contributed by atoms with Gasteiger partial charge in [-0.05, 0) is 30.4 Å². The van der Waals surface area contributed by atoms with Crippen LogP contribution >= 0.6 is 0 Å². The first kappa shape index (κ1) is 14.9. The zero-order valence-corrected chi connectivity index (χ0v) is 13.5. The molecule has 2 fully saturated rings. The van der Waals surface area contributed by atoms with Gasteiger partial charge in [0.2, 0.25) is 0 Å². The molecule has 124 valence electrons. The van der Waals surface area contributed by atoms with E-state index in [9.17, 15) is 9.59 Å². The van der Waals surface area contributed by atoms with E-state index in [1.807, 2.05) is 0 Å². The number of carbonyl (C=O) groups is 2. The maximum atomic E-state index is 12.6. The summed E-state index contributed by atoms with van der Waals surface area (Å²) in [7, 11) is 3.12. The molecule has 0 aromatic heterocycles. The number of amides is 2. The van der Waals surface area contributed by atoms with Crippen LogP contribution < -0.4 is 9.47 Å². The van der Waals surface area contributed by atoms with Crippen LogP contribution in [0.3, 0.4) is 0 Å². The standard InChI is InChI=1S/C18H18N2O4/c1-23-13-6-5-12(14(8-13)24-2)9-19-20-17(21)15-10-3-4-11(7-10)16(15)18(20)22/h3-6,8-11,15-16H,7H2,1-2H3/b19-9-/t10-,11-,15-,16-/m0/s1. The van der Waals surface area contributed by atoms with Crippen molar-refractivity contribution < 1.29 is 19.1 Å². The molecule has 1 aromatic carbocycles. The highest BCUT2D eigenvalue weighted by Gasteiger charge is 2.59. The molecule has 4 rings (SSSR count). The van der Waals surface area contributed by atoms with E-state index in [1.165, 1.54) is 6.21 Å². The first-order valence-corrected chi connectivity index (χ1v) is 7.96. The molecular formula is C18H18N2O4. The summed E-state index contributed by atoms with van der Waals surface area (Å²) in [6.07, 6.45) is 6.54. The van der Waals surface area contributed by atoms with Crippen molar-refractivity contribution in [1.29, 1.82) is 0 Å². The number of methoxy groups -OCH3 is 2. The van der Waals surface area contributed by atoms with E-state index in [0.29, 0.717) is 17.1 Å². The maximum absolute atomic E-state index is 12.6. The third kappa shape index (κ3) is 2.06. The molecule has 0 radical (unpaired) electrons. The van der Waals surface area contributed by atoms with E-state index < -0.39 is 0 Å². The van der Waals surface area contributed by atoms with E-state index in [4.69, 9.17) is 9.47 Å². The Kier molecular flexibility index (Phi) is 3.40. The van der Waals surface area contributed by atoms with Crippen LogP contribution in [0.25, 0.3) is 0 Å². The Balaban J connectivity index is 1.59. The lowest BCUT2D eigenvalue weighted by atomic mass is 9.85. The lowest BCUT2D eigenvalue weighted by molar-refractivity contribution is -0.140. The van der Waals surface area contributed by atoms with Crippen molar-refractivity contribution in [3.05, 3.63) is 35.9 Å². The zero-order valence-electron chi connectivity index (χ0n) is 13.5. The molecule has 4 atom stereocenters. The van der Waals surface area contributed by atoms with Crippen molar-refractivity contribution in [2.24, 2.45) is 28.8 Å². The van der Waals surface area contributed by atoms with Crippen LogP contribution in [0, 0.1) is 23.7 Å². The van der Waals surface area contributed by atoms with Crippen molar-refractivity contribution in [3.63, 3.8) is 0 Å². The first-order valence-electron chi connectivity index (χ1n) is 7.96. The first-order chi connectivity index (χ1) is 11.6. The Morgan fingerprint density at radius 2 is 1.75 bits per heavy atom. The average Bonchev–Trinajstić information content (AvgIpc) is 3.28. The predicted molar refractivity (Wildman–Crippen MR) is 86.7 cm³/mol.